The molecule has 1 aromatic heterocycles. The van der Waals surface area contributed by atoms with Gasteiger partial charge < -0.3 is 19.9 Å². The lowest BCUT2D eigenvalue weighted by Gasteiger charge is -2.21. The summed E-state index contributed by atoms with van der Waals surface area (Å²) >= 11 is 1.30. The maximum Gasteiger partial charge on any atom is 0.251 e. The molecule has 2 aromatic carbocycles. The summed E-state index contributed by atoms with van der Waals surface area (Å²) in [5, 5.41) is 15.2. The average molecular weight is 482 g/mol. The van der Waals surface area contributed by atoms with Gasteiger partial charge in [0, 0.05) is 18.3 Å². The van der Waals surface area contributed by atoms with Crippen molar-refractivity contribution in [2.75, 3.05) is 18.2 Å². The highest BCUT2D eigenvalue weighted by molar-refractivity contribution is 7.99. The van der Waals surface area contributed by atoms with Crippen molar-refractivity contribution in [2.45, 2.75) is 38.9 Å². The van der Waals surface area contributed by atoms with Crippen LogP contribution in [0.3, 0.4) is 0 Å². The van der Waals surface area contributed by atoms with Crippen LogP contribution in [0.2, 0.25) is 0 Å². The minimum Gasteiger partial charge on any atom is -0.497 e. The zero-order valence-corrected chi connectivity index (χ0v) is 21.2. The van der Waals surface area contributed by atoms with E-state index in [1.807, 2.05) is 57.5 Å². The van der Waals surface area contributed by atoms with Crippen molar-refractivity contribution < 1.29 is 14.3 Å². The molecule has 0 unspecified atom stereocenters. The molecule has 9 heteroatoms. The summed E-state index contributed by atoms with van der Waals surface area (Å²) in [6.07, 6.45) is 0. The van der Waals surface area contributed by atoms with Gasteiger partial charge in [-0.3, -0.25) is 9.59 Å². The van der Waals surface area contributed by atoms with Gasteiger partial charge in [-0.2, -0.15) is 0 Å². The maximum absolute atomic E-state index is 12.8. The maximum atomic E-state index is 12.8. The normalized spacial score (nSPS) is 11.9. The molecule has 1 heterocycles. The van der Waals surface area contributed by atoms with E-state index in [2.05, 4.69) is 20.8 Å². The number of ether oxygens (including phenoxy) is 1. The number of hydrogen-bond acceptors (Lipinski definition) is 6. The van der Waals surface area contributed by atoms with E-state index in [1.165, 1.54) is 17.3 Å². The van der Waals surface area contributed by atoms with Crippen LogP contribution in [0.5, 0.6) is 5.75 Å². The Morgan fingerprint density at radius 2 is 1.76 bits per heavy atom. The second-order valence-corrected chi connectivity index (χ2v) is 9.40. The van der Waals surface area contributed by atoms with Gasteiger partial charge in [-0.1, -0.05) is 31.7 Å². The number of nitrogens with zero attached hydrogens (tertiary/aromatic N) is 3. The number of benzene rings is 2. The Morgan fingerprint density at radius 1 is 1.06 bits per heavy atom. The van der Waals surface area contributed by atoms with Crippen molar-refractivity contribution in [2.24, 2.45) is 13.0 Å². The monoisotopic (exact) mass is 481 g/mol. The first-order chi connectivity index (χ1) is 16.2. The molecule has 8 nitrogen and oxygen atoms in total. The molecular weight excluding hydrogens is 450 g/mol. The van der Waals surface area contributed by atoms with E-state index in [1.54, 1.807) is 31.4 Å². The van der Waals surface area contributed by atoms with Crippen molar-refractivity contribution >= 4 is 29.3 Å². The summed E-state index contributed by atoms with van der Waals surface area (Å²) in [6.45, 7) is 8.07. The number of methoxy groups -OCH3 is 1. The third kappa shape index (κ3) is 6.17. The summed E-state index contributed by atoms with van der Waals surface area (Å²) in [6, 6.07) is 12.4. The Hall–Kier alpha value is -3.33. The number of carbonyl (C=O) groups excluding carboxylic acids is 2. The Labute approximate surface area is 204 Å². The van der Waals surface area contributed by atoms with Gasteiger partial charge in [0.1, 0.15) is 5.75 Å². The van der Waals surface area contributed by atoms with E-state index in [0.717, 1.165) is 11.3 Å². The van der Waals surface area contributed by atoms with E-state index in [4.69, 9.17) is 4.74 Å². The van der Waals surface area contributed by atoms with Crippen LogP contribution >= 0.6 is 11.8 Å². The number of nitrogens with one attached hydrogen (secondary N) is 2. The topological polar surface area (TPSA) is 98.1 Å². The smallest absolute Gasteiger partial charge is 0.251 e. The van der Waals surface area contributed by atoms with E-state index < -0.39 is 0 Å². The van der Waals surface area contributed by atoms with Gasteiger partial charge in [-0.25, -0.2) is 0 Å². The van der Waals surface area contributed by atoms with Crippen LogP contribution in [0.4, 0.5) is 5.69 Å². The van der Waals surface area contributed by atoms with Crippen molar-refractivity contribution in [3.05, 3.63) is 65.0 Å². The molecule has 0 saturated heterocycles. The molecule has 0 aliphatic heterocycles. The third-order valence-corrected chi connectivity index (χ3v) is 6.60. The van der Waals surface area contributed by atoms with Crippen LogP contribution in [0.1, 0.15) is 47.2 Å². The Kier molecular flexibility index (Phi) is 8.33. The highest BCUT2D eigenvalue weighted by Gasteiger charge is 2.25. The van der Waals surface area contributed by atoms with Crippen LogP contribution in [-0.4, -0.2) is 39.4 Å². The van der Waals surface area contributed by atoms with Gasteiger partial charge in [0.05, 0.1) is 18.9 Å². The lowest BCUT2D eigenvalue weighted by atomic mass is 10.0. The summed E-state index contributed by atoms with van der Waals surface area (Å²) in [5.74, 6) is 1.28. The first kappa shape index (κ1) is 25.3. The fraction of sp³-hybridized carbons (Fsp3) is 0.360. The molecule has 0 saturated carbocycles. The lowest BCUT2D eigenvalue weighted by Crippen LogP contribution is -2.33. The van der Waals surface area contributed by atoms with Gasteiger partial charge in [-0.05, 0) is 67.3 Å². The minimum atomic E-state index is -0.342. The number of hydrogen-bond donors (Lipinski definition) is 2. The molecule has 180 valence electrons. The van der Waals surface area contributed by atoms with Crippen LogP contribution in [0.15, 0.2) is 47.6 Å². The van der Waals surface area contributed by atoms with Gasteiger partial charge in [0.25, 0.3) is 5.91 Å². The second kappa shape index (κ2) is 11.2. The highest BCUT2D eigenvalue weighted by Crippen LogP contribution is 2.25. The zero-order valence-electron chi connectivity index (χ0n) is 20.4. The molecule has 0 fully saturated rings. The molecule has 2 amide bonds. The number of aromatic nitrogens is 3. The third-order valence-electron chi connectivity index (χ3n) is 5.58. The van der Waals surface area contributed by atoms with Crippen LogP contribution in [-0.2, 0) is 11.8 Å². The Bertz CT molecular complexity index is 1160. The largest absolute Gasteiger partial charge is 0.497 e. The number of aryl methyl sites for hydroxylation is 2. The first-order valence-corrected chi connectivity index (χ1v) is 12.0. The molecule has 0 aliphatic carbocycles. The number of carbonyl (C=O) groups is 2. The molecule has 1 atom stereocenters. The number of rotatable bonds is 9. The minimum absolute atomic E-state index is 0.0797. The molecule has 3 rings (SSSR count). The number of anilines is 1. The lowest BCUT2D eigenvalue weighted by molar-refractivity contribution is -0.113. The van der Waals surface area contributed by atoms with Crippen LogP contribution in [0.25, 0.3) is 0 Å². The number of thioether (sulfide) groups is 1. The molecule has 0 bridgehead atoms. The van der Waals surface area contributed by atoms with Crippen molar-refractivity contribution in [1.82, 2.24) is 20.1 Å². The van der Waals surface area contributed by atoms with E-state index in [-0.39, 0.29) is 29.5 Å². The van der Waals surface area contributed by atoms with Gasteiger partial charge >= 0.3 is 0 Å². The van der Waals surface area contributed by atoms with Gasteiger partial charge in [0.2, 0.25) is 5.91 Å². The van der Waals surface area contributed by atoms with Crippen LogP contribution in [0, 0.1) is 19.8 Å². The highest BCUT2D eigenvalue weighted by atomic mass is 32.2. The molecule has 0 spiro atoms. The molecule has 3 aromatic rings. The van der Waals surface area contributed by atoms with E-state index in [9.17, 15) is 9.59 Å². The standard InChI is InChI=1S/C25H31N5O3S/c1-15(2)22(27-24(32)18-8-11-20(33-6)12-9-18)23-28-29-25(30(23)5)34-14-21(31)26-19-10-7-16(3)17(4)13-19/h7-13,15,22H,14H2,1-6H3,(H,26,31)(H,27,32)/t22-/m0/s1. The Balaban J connectivity index is 1.65. The van der Waals surface area contributed by atoms with E-state index in [0.29, 0.717) is 22.3 Å². The van der Waals surface area contributed by atoms with Gasteiger partial charge in [0.15, 0.2) is 11.0 Å². The fourth-order valence-corrected chi connectivity index (χ4v) is 4.08. The number of amides is 2. The zero-order chi connectivity index (χ0) is 24.8. The predicted octanol–water partition coefficient (Wildman–Crippen LogP) is 4.30. The molecular formula is C25H31N5O3S. The SMILES string of the molecule is COc1ccc(C(=O)N[C@H](c2nnc(SCC(=O)Nc3ccc(C)c(C)c3)n2C)C(C)C)cc1. The summed E-state index contributed by atoms with van der Waals surface area (Å²) in [4.78, 5) is 25.3. The van der Waals surface area contributed by atoms with Gasteiger partial charge in [-0.15, -0.1) is 10.2 Å². The first-order valence-electron chi connectivity index (χ1n) is 11.0. The van der Waals surface area contributed by atoms with Crippen molar-refractivity contribution in [3.63, 3.8) is 0 Å². The summed E-state index contributed by atoms with van der Waals surface area (Å²) in [5.41, 5.74) is 3.61. The predicted molar refractivity (Wildman–Crippen MR) is 134 cm³/mol. The van der Waals surface area contributed by atoms with E-state index >= 15 is 0 Å². The second-order valence-electron chi connectivity index (χ2n) is 8.46. The van der Waals surface area contributed by atoms with Crippen molar-refractivity contribution in [3.8, 4) is 5.75 Å². The van der Waals surface area contributed by atoms with Crippen LogP contribution < -0.4 is 15.4 Å². The molecule has 0 aliphatic rings. The Morgan fingerprint density at radius 3 is 2.38 bits per heavy atom. The quantitative estimate of drug-likeness (QED) is 0.442. The average Bonchev–Trinajstić information content (AvgIpc) is 3.18. The van der Waals surface area contributed by atoms with Crippen molar-refractivity contribution in [1.29, 1.82) is 0 Å². The summed E-state index contributed by atoms with van der Waals surface area (Å²) < 4.78 is 6.98. The molecule has 2 N–H and O–H groups in total. The molecule has 0 radical (unpaired) electrons. The molecule has 34 heavy (non-hydrogen) atoms. The summed E-state index contributed by atoms with van der Waals surface area (Å²) in [7, 11) is 3.43. The fourth-order valence-electron chi connectivity index (χ4n) is 3.37.